The van der Waals surface area contributed by atoms with Crippen LogP contribution in [0.15, 0.2) is 39.7 Å². The number of carboxylic acid groups (broad SMARTS) is 1. The fourth-order valence-electron chi connectivity index (χ4n) is 1.45. The maximum absolute atomic E-state index is 11.1. The van der Waals surface area contributed by atoms with E-state index in [1.165, 1.54) is 0 Å². The van der Waals surface area contributed by atoms with Gasteiger partial charge in [-0.1, -0.05) is 5.11 Å². The second-order valence-corrected chi connectivity index (χ2v) is 3.46. The van der Waals surface area contributed by atoms with Gasteiger partial charge < -0.3 is 9.84 Å². The first-order valence-corrected chi connectivity index (χ1v) is 4.87. The number of rotatable bonds is 3. The molecular weight excluding hydrogens is 224 g/mol. The zero-order valence-corrected chi connectivity index (χ0v) is 9.15. The Morgan fingerprint density at radius 3 is 2.59 bits per heavy atom. The monoisotopic (exact) mass is 235 g/mol. The smallest absolute Gasteiger partial charge is 0.497 e. The molecule has 0 bridgehead atoms. The van der Waals surface area contributed by atoms with Crippen molar-refractivity contribution >= 4 is 12.4 Å². The molecule has 0 aromatic heterocycles. The quantitative estimate of drug-likeness (QED) is 0.813. The summed E-state index contributed by atoms with van der Waals surface area (Å²) in [6, 6.07) is 7.05. The zero-order valence-electron chi connectivity index (χ0n) is 9.15. The number of hydrogen-bond acceptors (Lipinski definition) is 5. The number of ether oxygens (including phenoxy) is 1. The van der Waals surface area contributed by atoms with Gasteiger partial charge in [-0.15, -0.1) is 0 Å². The van der Waals surface area contributed by atoms with Crippen molar-refractivity contribution in [1.82, 2.24) is 0 Å². The Hall–Kier alpha value is -2.28. The standard InChI is InChI=1S/C10H10N4O3/c1-17-9-4-2-8(3-5-9)6-14(10(15)16)12-7-11-13-14/h2-5,7H,6H2,1H3/p+1. The van der Waals surface area contributed by atoms with Crippen molar-refractivity contribution in [3.8, 4) is 5.75 Å². The summed E-state index contributed by atoms with van der Waals surface area (Å²) in [5.41, 5.74) is 0.784. The maximum Gasteiger partial charge on any atom is 0.571 e. The molecule has 1 atom stereocenters. The number of carbonyl (C=O) groups is 1. The molecule has 2 rings (SSSR count). The minimum absolute atomic E-state index is 0.110. The van der Waals surface area contributed by atoms with E-state index in [4.69, 9.17) is 9.84 Å². The van der Waals surface area contributed by atoms with Crippen LogP contribution in [0.25, 0.3) is 0 Å². The summed E-state index contributed by atoms with van der Waals surface area (Å²) < 4.78 is 4.22. The molecule has 88 valence electrons. The van der Waals surface area contributed by atoms with E-state index in [1.54, 1.807) is 31.4 Å². The Morgan fingerprint density at radius 2 is 2.12 bits per heavy atom. The van der Waals surface area contributed by atoms with Crippen molar-refractivity contribution < 1.29 is 19.3 Å². The van der Waals surface area contributed by atoms with E-state index in [1.807, 2.05) is 0 Å². The molecule has 1 N–H and O–H groups in total. The second-order valence-electron chi connectivity index (χ2n) is 3.46. The van der Waals surface area contributed by atoms with E-state index in [0.717, 1.165) is 11.9 Å². The number of nitrogens with zero attached hydrogens (tertiary/aromatic N) is 4. The van der Waals surface area contributed by atoms with Gasteiger partial charge in [0.2, 0.25) is 6.34 Å². The van der Waals surface area contributed by atoms with Crippen molar-refractivity contribution in [2.45, 2.75) is 6.54 Å². The molecule has 0 fully saturated rings. The Morgan fingerprint density at radius 1 is 1.41 bits per heavy atom. The summed E-state index contributed by atoms with van der Waals surface area (Å²) in [5, 5.41) is 20.0. The molecule has 1 heterocycles. The number of methoxy groups -OCH3 is 1. The Labute approximate surface area is 97.2 Å². The lowest BCUT2D eigenvalue weighted by Crippen LogP contribution is -2.39. The van der Waals surface area contributed by atoms with Crippen LogP contribution in [-0.4, -0.2) is 29.3 Å². The molecule has 0 aliphatic carbocycles. The Kier molecular flexibility index (Phi) is 2.84. The van der Waals surface area contributed by atoms with Gasteiger partial charge in [0.25, 0.3) is 0 Å². The molecule has 1 aliphatic heterocycles. The van der Waals surface area contributed by atoms with Crippen LogP contribution < -0.4 is 4.74 Å². The van der Waals surface area contributed by atoms with E-state index in [-0.39, 0.29) is 6.54 Å². The van der Waals surface area contributed by atoms with Crippen molar-refractivity contribution in [3.63, 3.8) is 0 Å². The van der Waals surface area contributed by atoms with Gasteiger partial charge in [0.1, 0.15) is 5.75 Å². The largest absolute Gasteiger partial charge is 0.571 e. The first-order chi connectivity index (χ1) is 8.16. The van der Waals surface area contributed by atoms with Gasteiger partial charge in [-0.25, -0.2) is 0 Å². The van der Waals surface area contributed by atoms with Crippen molar-refractivity contribution in [1.29, 1.82) is 0 Å². The van der Waals surface area contributed by atoms with Gasteiger partial charge in [0.05, 0.1) is 12.3 Å². The third-order valence-corrected chi connectivity index (χ3v) is 2.36. The van der Waals surface area contributed by atoms with Gasteiger partial charge in [0, 0.05) is 10.3 Å². The van der Waals surface area contributed by atoms with E-state index in [0.29, 0.717) is 5.75 Å². The van der Waals surface area contributed by atoms with Crippen LogP contribution in [0.5, 0.6) is 5.75 Å². The zero-order chi connectivity index (χ0) is 12.3. The number of amides is 1. The predicted molar refractivity (Wildman–Crippen MR) is 58.3 cm³/mol. The van der Waals surface area contributed by atoms with Crippen molar-refractivity contribution in [3.05, 3.63) is 29.8 Å². The normalized spacial score (nSPS) is 21.7. The second kappa shape index (κ2) is 4.30. The van der Waals surface area contributed by atoms with Crippen LogP contribution in [0, 0.1) is 0 Å². The van der Waals surface area contributed by atoms with Crippen LogP contribution in [0.3, 0.4) is 0 Å². The maximum atomic E-state index is 11.1. The fourth-order valence-corrected chi connectivity index (χ4v) is 1.45. The van der Waals surface area contributed by atoms with E-state index in [9.17, 15) is 4.79 Å². The molecule has 1 aliphatic rings. The lowest BCUT2D eigenvalue weighted by atomic mass is 10.2. The molecule has 7 heteroatoms. The summed E-state index contributed by atoms with van der Waals surface area (Å²) in [4.78, 5) is 11.1. The highest BCUT2D eigenvalue weighted by Gasteiger charge is 2.42. The van der Waals surface area contributed by atoms with Crippen molar-refractivity contribution in [2.75, 3.05) is 7.11 Å². The lowest BCUT2D eigenvalue weighted by molar-refractivity contribution is -0.884. The average molecular weight is 235 g/mol. The van der Waals surface area contributed by atoms with Crippen molar-refractivity contribution in [2.24, 2.45) is 15.4 Å². The van der Waals surface area contributed by atoms with Crippen LogP contribution in [0.2, 0.25) is 0 Å². The van der Waals surface area contributed by atoms with Crippen LogP contribution >= 0.6 is 0 Å². The topological polar surface area (TPSA) is 83.6 Å². The highest BCUT2D eigenvalue weighted by molar-refractivity contribution is 5.61. The predicted octanol–water partition coefficient (Wildman–Crippen LogP) is 2.01. The van der Waals surface area contributed by atoms with Crippen LogP contribution in [0.4, 0.5) is 4.79 Å². The highest BCUT2D eigenvalue weighted by Crippen LogP contribution is 2.22. The molecule has 1 aromatic rings. The number of benzene rings is 1. The Bertz CT molecular complexity index is 469. The molecule has 17 heavy (non-hydrogen) atoms. The molecule has 0 saturated heterocycles. The molecule has 0 saturated carbocycles. The highest BCUT2D eigenvalue weighted by atomic mass is 16.5. The first-order valence-electron chi connectivity index (χ1n) is 4.87. The van der Waals surface area contributed by atoms with E-state index < -0.39 is 10.8 Å². The molecular formula is C10H11N4O3+. The van der Waals surface area contributed by atoms with E-state index in [2.05, 4.69) is 15.4 Å². The minimum atomic E-state index is -1.17. The summed E-state index contributed by atoms with van der Waals surface area (Å²) in [5.74, 6) is 0.710. The molecule has 1 unspecified atom stereocenters. The fraction of sp³-hybridized carbons (Fsp3) is 0.200. The van der Waals surface area contributed by atoms with Crippen LogP contribution in [-0.2, 0) is 6.54 Å². The number of hydrogen-bond donors (Lipinski definition) is 1. The van der Waals surface area contributed by atoms with Gasteiger partial charge in [0.15, 0.2) is 6.54 Å². The summed E-state index contributed by atoms with van der Waals surface area (Å²) in [6.07, 6.45) is -0.0317. The molecule has 1 aromatic carbocycles. The third-order valence-electron chi connectivity index (χ3n) is 2.36. The van der Waals surface area contributed by atoms with Gasteiger partial charge in [-0.2, -0.15) is 4.79 Å². The first kappa shape index (κ1) is 11.2. The molecule has 7 nitrogen and oxygen atoms in total. The third kappa shape index (κ3) is 2.13. The summed E-state index contributed by atoms with van der Waals surface area (Å²) in [7, 11) is 1.57. The lowest BCUT2D eigenvalue weighted by Gasteiger charge is -2.14. The van der Waals surface area contributed by atoms with Gasteiger partial charge in [-0.05, 0) is 29.4 Å². The minimum Gasteiger partial charge on any atom is -0.497 e. The SMILES string of the molecule is COc1ccc(C[N+]2(C(=O)O)N=CN=N2)cc1. The average Bonchev–Trinajstić information content (AvgIpc) is 2.80. The summed E-state index contributed by atoms with van der Waals surface area (Å²) in [6.45, 7) is 0.110. The Balaban J connectivity index is 2.21. The van der Waals surface area contributed by atoms with Crippen LogP contribution in [0.1, 0.15) is 5.56 Å². The number of quaternary nitrogens is 1. The molecule has 0 spiro atoms. The van der Waals surface area contributed by atoms with Gasteiger partial charge in [-0.3, -0.25) is 0 Å². The molecule has 1 amide bonds. The molecule has 0 radical (unpaired) electrons. The van der Waals surface area contributed by atoms with E-state index >= 15 is 0 Å². The summed E-state index contributed by atoms with van der Waals surface area (Å²) >= 11 is 0. The van der Waals surface area contributed by atoms with Gasteiger partial charge >= 0.3 is 6.09 Å².